The summed E-state index contributed by atoms with van der Waals surface area (Å²) in [4.78, 5) is 32.1. The van der Waals surface area contributed by atoms with Crippen molar-refractivity contribution in [1.82, 2.24) is 20.6 Å². The largest absolute Gasteiger partial charge is 0.433 e. The zero-order valence-electron chi connectivity index (χ0n) is 19.9. The second-order valence-corrected chi connectivity index (χ2v) is 9.55. The van der Waals surface area contributed by atoms with Crippen molar-refractivity contribution in [2.75, 3.05) is 5.32 Å². The summed E-state index contributed by atoms with van der Waals surface area (Å²) in [6.45, 7) is 0.356. The van der Waals surface area contributed by atoms with Crippen molar-refractivity contribution in [1.29, 1.82) is 0 Å². The van der Waals surface area contributed by atoms with Gasteiger partial charge in [0.1, 0.15) is 5.69 Å². The molecule has 0 radical (unpaired) electrons. The minimum atomic E-state index is -4.57. The average Bonchev–Trinajstić information content (AvgIpc) is 2.87. The number of alkyl halides is 3. The molecule has 1 aromatic carbocycles. The van der Waals surface area contributed by atoms with Crippen molar-refractivity contribution in [3.63, 3.8) is 0 Å². The number of carbonyl (C=O) groups is 2. The van der Waals surface area contributed by atoms with E-state index in [2.05, 4.69) is 25.9 Å². The van der Waals surface area contributed by atoms with Gasteiger partial charge in [0.2, 0.25) is 11.8 Å². The fourth-order valence-electron chi connectivity index (χ4n) is 4.38. The number of hydrogen-bond donors (Lipinski definition) is 3. The summed E-state index contributed by atoms with van der Waals surface area (Å²) in [6.07, 6.45) is 1.61. The lowest BCUT2D eigenvalue weighted by Gasteiger charge is -2.30. The van der Waals surface area contributed by atoms with Crippen LogP contribution in [0.25, 0.3) is 10.9 Å². The van der Waals surface area contributed by atoms with Gasteiger partial charge < -0.3 is 16.0 Å². The third-order valence-corrected chi connectivity index (χ3v) is 6.54. The third kappa shape index (κ3) is 7.55. The van der Waals surface area contributed by atoms with Crippen LogP contribution < -0.4 is 16.0 Å². The van der Waals surface area contributed by atoms with Crippen molar-refractivity contribution >= 4 is 40.0 Å². The molecule has 1 aliphatic carbocycles. The minimum absolute atomic E-state index is 0.0432. The molecule has 2 heterocycles. The summed E-state index contributed by atoms with van der Waals surface area (Å²) in [5.74, 6) is -0.410. The summed E-state index contributed by atoms with van der Waals surface area (Å²) in [6, 6.07) is 9.15. The van der Waals surface area contributed by atoms with Crippen molar-refractivity contribution in [3.8, 4) is 0 Å². The van der Waals surface area contributed by atoms with E-state index in [1.807, 2.05) is 6.07 Å². The van der Waals surface area contributed by atoms with E-state index in [0.29, 0.717) is 48.3 Å². The van der Waals surface area contributed by atoms with Crippen molar-refractivity contribution < 1.29 is 22.8 Å². The average molecular weight is 534 g/mol. The molecule has 37 heavy (non-hydrogen) atoms. The van der Waals surface area contributed by atoms with Crippen LogP contribution >= 0.6 is 11.6 Å². The molecule has 0 bridgehead atoms. The lowest BCUT2D eigenvalue weighted by Crippen LogP contribution is -2.40. The molecule has 3 N–H and O–H groups in total. The molecule has 0 spiro atoms. The standard InChI is InChI=1S/C26H27ClF3N5O2/c27-17-3-8-21-20(12-17)22(13-23(35-21)26(28,29)30)33-18-4-6-19(7-5-18)34-25(37)10-9-24(36)32-15-16-2-1-11-31-14-16/h1-3,8,11-14,18-19H,4-7,9-10,15H2,(H,32,36)(H,33,35)(H,34,37). The molecule has 1 aliphatic rings. The van der Waals surface area contributed by atoms with Crippen LogP contribution in [0.2, 0.25) is 5.02 Å². The third-order valence-electron chi connectivity index (χ3n) is 6.30. The highest BCUT2D eigenvalue weighted by molar-refractivity contribution is 6.31. The van der Waals surface area contributed by atoms with Gasteiger partial charge in [-0.25, -0.2) is 4.98 Å². The van der Waals surface area contributed by atoms with E-state index >= 15 is 0 Å². The van der Waals surface area contributed by atoms with Crippen molar-refractivity contribution in [2.24, 2.45) is 0 Å². The number of anilines is 1. The Kier molecular flexibility index (Phi) is 8.48. The zero-order chi connectivity index (χ0) is 26.4. The number of pyridine rings is 2. The van der Waals surface area contributed by atoms with Crippen LogP contribution in [0.4, 0.5) is 18.9 Å². The SMILES string of the molecule is O=C(CCC(=O)NC1CCC(Nc2cc(C(F)(F)F)nc3ccc(Cl)cc23)CC1)NCc1cccnc1. The number of benzene rings is 1. The quantitative estimate of drug-likeness (QED) is 0.368. The Bertz CT molecular complexity index is 1250. The number of nitrogens with one attached hydrogen (secondary N) is 3. The van der Waals surface area contributed by atoms with Crippen LogP contribution in [0.3, 0.4) is 0 Å². The second-order valence-electron chi connectivity index (χ2n) is 9.11. The first-order chi connectivity index (χ1) is 17.7. The van der Waals surface area contributed by atoms with Crippen LogP contribution in [-0.2, 0) is 22.3 Å². The Balaban J connectivity index is 1.26. The van der Waals surface area contributed by atoms with E-state index in [4.69, 9.17) is 11.6 Å². The molecule has 4 rings (SSSR count). The monoisotopic (exact) mass is 533 g/mol. The summed E-state index contributed by atoms with van der Waals surface area (Å²) < 4.78 is 40.1. The van der Waals surface area contributed by atoms with E-state index in [0.717, 1.165) is 11.6 Å². The van der Waals surface area contributed by atoms with E-state index in [1.165, 1.54) is 12.1 Å². The molecule has 1 saturated carbocycles. The topological polar surface area (TPSA) is 96.0 Å². The number of hydrogen-bond acceptors (Lipinski definition) is 5. The van der Waals surface area contributed by atoms with Gasteiger partial charge in [0.05, 0.1) is 5.52 Å². The molecule has 11 heteroatoms. The van der Waals surface area contributed by atoms with Gasteiger partial charge in [-0.1, -0.05) is 17.7 Å². The van der Waals surface area contributed by atoms with E-state index in [-0.39, 0.29) is 42.3 Å². The highest BCUT2D eigenvalue weighted by Gasteiger charge is 2.34. The van der Waals surface area contributed by atoms with E-state index in [9.17, 15) is 22.8 Å². The van der Waals surface area contributed by atoms with Crippen LogP contribution in [0.5, 0.6) is 0 Å². The first-order valence-corrected chi connectivity index (χ1v) is 12.4. The Morgan fingerprint density at radius 3 is 2.43 bits per heavy atom. The summed E-state index contributed by atoms with van der Waals surface area (Å²) in [5, 5.41) is 9.90. The molecule has 3 aromatic rings. The summed E-state index contributed by atoms with van der Waals surface area (Å²) in [7, 11) is 0. The van der Waals surface area contributed by atoms with Crippen molar-refractivity contribution in [2.45, 2.75) is 63.3 Å². The molecule has 2 aromatic heterocycles. The van der Waals surface area contributed by atoms with Gasteiger partial charge in [-0.3, -0.25) is 14.6 Å². The molecule has 0 atom stereocenters. The molecule has 0 aliphatic heterocycles. The zero-order valence-corrected chi connectivity index (χ0v) is 20.7. The van der Waals surface area contributed by atoms with Crippen LogP contribution in [0.15, 0.2) is 48.8 Å². The maximum Gasteiger partial charge on any atom is 0.433 e. The normalized spacial score (nSPS) is 17.8. The number of carbonyl (C=O) groups excluding carboxylic acids is 2. The molecule has 0 saturated heterocycles. The first kappa shape index (κ1) is 26.7. The van der Waals surface area contributed by atoms with E-state index < -0.39 is 11.9 Å². The van der Waals surface area contributed by atoms with Gasteiger partial charge in [-0.2, -0.15) is 13.2 Å². The fourth-order valence-corrected chi connectivity index (χ4v) is 4.56. The lowest BCUT2D eigenvalue weighted by atomic mass is 9.90. The van der Waals surface area contributed by atoms with Gasteiger partial charge in [0.15, 0.2) is 0 Å². The van der Waals surface area contributed by atoms with Gasteiger partial charge in [-0.05, 0) is 61.6 Å². The summed E-state index contributed by atoms with van der Waals surface area (Å²) in [5.41, 5.74) is 0.468. The Labute approximate surface area is 217 Å². The molecular weight excluding hydrogens is 507 g/mol. The van der Waals surface area contributed by atoms with E-state index in [1.54, 1.807) is 24.5 Å². The van der Waals surface area contributed by atoms with Crippen LogP contribution in [-0.4, -0.2) is 33.9 Å². The molecule has 7 nitrogen and oxygen atoms in total. The highest BCUT2D eigenvalue weighted by Crippen LogP contribution is 2.35. The second kappa shape index (κ2) is 11.8. The predicted octanol–water partition coefficient (Wildman–Crippen LogP) is 5.24. The van der Waals surface area contributed by atoms with Crippen LogP contribution in [0, 0.1) is 0 Å². The number of halogens is 4. The van der Waals surface area contributed by atoms with Crippen LogP contribution in [0.1, 0.15) is 49.8 Å². The Hall–Kier alpha value is -3.40. The fraction of sp³-hybridized carbons (Fsp3) is 0.385. The smallest absolute Gasteiger partial charge is 0.382 e. The molecule has 2 amide bonds. The Morgan fingerprint density at radius 2 is 1.73 bits per heavy atom. The number of rotatable bonds is 8. The number of nitrogens with zero attached hydrogens (tertiary/aromatic N) is 2. The van der Waals surface area contributed by atoms with Gasteiger partial charge in [0.25, 0.3) is 0 Å². The predicted molar refractivity (Wildman–Crippen MR) is 135 cm³/mol. The molecular formula is C26H27ClF3N5O2. The number of amides is 2. The molecule has 196 valence electrons. The summed E-state index contributed by atoms with van der Waals surface area (Å²) >= 11 is 6.08. The lowest BCUT2D eigenvalue weighted by molar-refractivity contribution is -0.140. The van der Waals surface area contributed by atoms with Gasteiger partial charge >= 0.3 is 6.18 Å². The molecule has 1 fully saturated rings. The van der Waals surface area contributed by atoms with Gasteiger partial charge in [-0.15, -0.1) is 0 Å². The maximum atomic E-state index is 13.4. The molecule has 0 unspecified atom stereocenters. The highest BCUT2D eigenvalue weighted by atomic mass is 35.5. The first-order valence-electron chi connectivity index (χ1n) is 12.1. The van der Waals surface area contributed by atoms with Gasteiger partial charge in [0, 0.05) is 60.0 Å². The number of aromatic nitrogens is 2. The van der Waals surface area contributed by atoms with Crippen molar-refractivity contribution in [3.05, 3.63) is 65.1 Å². The minimum Gasteiger partial charge on any atom is -0.382 e. The Morgan fingerprint density at radius 1 is 1.00 bits per heavy atom. The maximum absolute atomic E-state index is 13.4. The number of fused-ring (bicyclic) bond motifs is 1.